The number of ether oxygens (including phenoxy) is 1. The van der Waals surface area contributed by atoms with Gasteiger partial charge in [-0.2, -0.15) is 0 Å². The summed E-state index contributed by atoms with van der Waals surface area (Å²) >= 11 is 0. The molecular formula is C16H30N4O3. The van der Waals surface area contributed by atoms with Gasteiger partial charge >= 0.3 is 12.1 Å². The summed E-state index contributed by atoms with van der Waals surface area (Å²) in [5.41, 5.74) is 4.81. The van der Waals surface area contributed by atoms with Crippen molar-refractivity contribution in [2.45, 2.75) is 64.1 Å². The molecule has 23 heavy (non-hydrogen) atoms. The molecule has 1 aliphatic heterocycles. The second kappa shape index (κ2) is 7.38. The van der Waals surface area contributed by atoms with Crippen molar-refractivity contribution in [3.05, 3.63) is 0 Å². The number of rotatable bonds is 5. The van der Waals surface area contributed by atoms with Crippen molar-refractivity contribution in [2.75, 3.05) is 19.6 Å². The molecule has 0 aromatic carbocycles. The van der Waals surface area contributed by atoms with Crippen LogP contribution >= 0.6 is 0 Å². The Hall–Kier alpha value is -1.50. The van der Waals surface area contributed by atoms with Crippen molar-refractivity contribution in [3.8, 4) is 0 Å². The average Bonchev–Trinajstić information content (AvgIpc) is 3.26. The van der Waals surface area contributed by atoms with Crippen LogP contribution < -0.4 is 16.4 Å². The van der Waals surface area contributed by atoms with Crippen LogP contribution in [0.4, 0.5) is 9.59 Å². The fraction of sp³-hybridized carbons (Fsp3) is 0.875. The molecule has 1 heterocycles. The van der Waals surface area contributed by atoms with Crippen LogP contribution in [0.5, 0.6) is 0 Å². The molecule has 1 unspecified atom stereocenters. The molecule has 1 atom stereocenters. The molecule has 1 saturated heterocycles. The second-order valence-corrected chi connectivity index (χ2v) is 7.60. The van der Waals surface area contributed by atoms with E-state index in [1.807, 2.05) is 20.8 Å². The van der Waals surface area contributed by atoms with E-state index in [0.717, 1.165) is 32.2 Å². The first-order valence-electron chi connectivity index (χ1n) is 8.52. The maximum absolute atomic E-state index is 12.0. The molecule has 132 valence electrons. The summed E-state index contributed by atoms with van der Waals surface area (Å²) < 4.78 is 5.34. The molecule has 2 fully saturated rings. The van der Waals surface area contributed by atoms with E-state index in [-0.39, 0.29) is 18.2 Å². The molecule has 0 bridgehead atoms. The number of urea groups is 1. The molecule has 0 aromatic heterocycles. The molecule has 7 nitrogen and oxygen atoms in total. The molecule has 4 N–H and O–H groups in total. The van der Waals surface area contributed by atoms with E-state index in [4.69, 9.17) is 10.5 Å². The highest BCUT2D eigenvalue weighted by atomic mass is 16.6. The Labute approximate surface area is 138 Å². The summed E-state index contributed by atoms with van der Waals surface area (Å²) in [5.74, 6) is 0.542. The van der Waals surface area contributed by atoms with E-state index in [1.165, 1.54) is 0 Å². The van der Waals surface area contributed by atoms with Gasteiger partial charge in [0.25, 0.3) is 0 Å². The summed E-state index contributed by atoms with van der Waals surface area (Å²) in [5, 5.41) is 6.52. The van der Waals surface area contributed by atoms with Gasteiger partial charge < -0.3 is 26.0 Å². The first kappa shape index (κ1) is 17.8. The van der Waals surface area contributed by atoms with Crippen LogP contribution in [0.25, 0.3) is 0 Å². The number of nitrogens with zero attached hydrogens (tertiary/aromatic N) is 1. The largest absolute Gasteiger partial charge is 0.444 e. The van der Waals surface area contributed by atoms with Crippen LogP contribution in [0.15, 0.2) is 0 Å². The molecular weight excluding hydrogens is 296 g/mol. The van der Waals surface area contributed by atoms with Crippen LogP contribution in [0.1, 0.15) is 46.5 Å². The Morgan fingerprint density at radius 1 is 1.22 bits per heavy atom. The summed E-state index contributed by atoms with van der Waals surface area (Å²) in [4.78, 5) is 24.8. The monoisotopic (exact) mass is 326 g/mol. The van der Waals surface area contributed by atoms with Crippen LogP contribution in [0, 0.1) is 5.92 Å². The Balaban J connectivity index is 1.73. The van der Waals surface area contributed by atoms with Crippen LogP contribution in [-0.4, -0.2) is 54.3 Å². The lowest BCUT2D eigenvalue weighted by atomic mass is 10.0. The fourth-order valence-electron chi connectivity index (χ4n) is 2.89. The highest BCUT2D eigenvalue weighted by molar-refractivity contribution is 5.72. The first-order valence-corrected chi connectivity index (χ1v) is 8.52. The Morgan fingerprint density at radius 3 is 2.30 bits per heavy atom. The summed E-state index contributed by atoms with van der Waals surface area (Å²) in [6.07, 6.45) is 3.75. The molecule has 2 aliphatic rings. The lowest BCUT2D eigenvalue weighted by molar-refractivity contribution is 0.0495. The number of piperidine rings is 1. The quantitative estimate of drug-likeness (QED) is 0.712. The number of amides is 3. The molecule has 0 radical (unpaired) electrons. The third-order valence-electron chi connectivity index (χ3n) is 4.33. The highest BCUT2D eigenvalue weighted by Crippen LogP contribution is 2.32. The zero-order chi connectivity index (χ0) is 17.0. The summed E-state index contributed by atoms with van der Waals surface area (Å²) in [6, 6.07) is 0.136. The maximum atomic E-state index is 12.0. The maximum Gasteiger partial charge on any atom is 0.407 e. The predicted octanol–water partition coefficient (Wildman–Crippen LogP) is 1.42. The molecule has 1 saturated carbocycles. The number of hydrogen-bond acceptors (Lipinski definition) is 4. The molecule has 2 rings (SSSR count). The number of primary amides is 1. The lowest BCUT2D eigenvalue weighted by Gasteiger charge is -2.32. The fourth-order valence-corrected chi connectivity index (χ4v) is 2.89. The van der Waals surface area contributed by atoms with E-state index < -0.39 is 5.60 Å². The molecule has 3 amide bonds. The normalized spacial score (nSPS) is 20.9. The van der Waals surface area contributed by atoms with Crippen LogP contribution in [0.2, 0.25) is 0 Å². The van der Waals surface area contributed by atoms with Crippen LogP contribution in [0.3, 0.4) is 0 Å². The van der Waals surface area contributed by atoms with Gasteiger partial charge in [-0.1, -0.05) is 0 Å². The molecule has 7 heteroatoms. The molecule has 0 spiro atoms. The minimum absolute atomic E-state index is 0.110. The number of carbonyl (C=O) groups excluding carboxylic acids is 2. The Bertz CT molecular complexity index is 424. The number of alkyl carbamates (subject to hydrolysis) is 1. The number of nitrogens with two attached hydrogens (primary N) is 1. The number of hydrogen-bond donors (Lipinski definition) is 3. The molecule has 0 aromatic rings. The third kappa shape index (κ3) is 6.25. The van der Waals surface area contributed by atoms with Crippen LogP contribution in [-0.2, 0) is 4.74 Å². The van der Waals surface area contributed by atoms with E-state index >= 15 is 0 Å². The minimum atomic E-state index is -0.479. The van der Waals surface area contributed by atoms with Gasteiger partial charge in [-0.25, -0.2) is 9.59 Å². The van der Waals surface area contributed by atoms with Gasteiger partial charge in [0, 0.05) is 31.7 Å². The second-order valence-electron chi connectivity index (χ2n) is 7.60. The van der Waals surface area contributed by atoms with Crippen molar-refractivity contribution < 1.29 is 14.3 Å². The van der Waals surface area contributed by atoms with E-state index in [2.05, 4.69) is 10.6 Å². The predicted molar refractivity (Wildman–Crippen MR) is 88.1 cm³/mol. The van der Waals surface area contributed by atoms with Crippen molar-refractivity contribution >= 4 is 12.1 Å². The standard InChI is InChI=1S/C16H30N4O3/c1-16(2,3)23-15(22)19-13(11-4-5-11)10-18-12-6-8-20(9-7-12)14(17)21/h11-13,18H,4-10H2,1-3H3,(H2,17,21)(H,19,22). The van der Waals surface area contributed by atoms with Gasteiger partial charge in [0.2, 0.25) is 0 Å². The molecule has 1 aliphatic carbocycles. The highest BCUT2D eigenvalue weighted by Gasteiger charge is 2.34. The van der Waals surface area contributed by atoms with Gasteiger partial charge in [-0.05, 0) is 52.4 Å². The van der Waals surface area contributed by atoms with Gasteiger partial charge in [0.1, 0.15) is 5.60 Å². The number of likely N-dealkylation sites (tertiary alicyclic amines) is 1. The smallest absolute Gasteiger partial charge is 0.407 e. The Morgan fingerprint density at radius 2 is 1.83 bits per heavy atom. The minimum Gasteiger partial charge on any atom is -0.444 e. The van der Waals surface area contributed by atoms with E-state index in [9.17, 15) is 9.59 Å². The SMILES string of the molecule is CC(C)(C)OC(=O)NC(CNC1CCN(C(N)=O)CC1)C1CC1. The summed E-state index contributed by atoms with van der Waals surface area (Å²) in [7, 11) is 0. The average molecular weight is 326 g/mol. The third-order valence-corrected chi connectivity index (χ3v) is 4.33. The summed E-state index contributed by atoms with van der Waals surface area (Å²) in [6.45, 7) is 7.72. The van der Waals surface area contributed by atoms with Crippen molar-refractivity contribution in [3.63, 3.8) is 0 Å². The van der Waals surface area contributed by atoms with Gasteiger partial charge in [-0.3, -0.25) is 0 Å². The van der Waals surface area contributed by atoms with Gasteiger partial charge in [0.05, 0.1) is 0 Å². The Kier molecular flexibility index (Phi) is 5.73. The van der Waals surface area contributed by atoms with E-state index in [0.29, 0.717) is 25.0 Å². The number of nitrogens with one attached hydrogen (secondary N) is 2. The van der Waals surface area contributed by atoms with Gasteiger partial charge in [0.15, 0.2) is 0 Å². The van der Waals surface area contributed by atoms with Crippen molar-refractivity contribution in [2.24, 2.45) is 11.7 Å². The zero-order valence-corrected chi connectivity index (χ0v) is 14.4. The van der Waals surface area contributed by atoms with Gasteiger partial charge in [-0.15, -0.1) is 0 Å². The zero-order valence-electron chi connectivity index (χ0n) is 14.4. The lowest BCUT2D eigenvalue weighted by Crippen LogP contribution is -2.51. The first-order chi connectivity index (χ1) is 10.7. The topological polar surface area (TPSA) is 96.7 Å². The van der Waals surface area contributed by atoms with E-state index in [1.54, 1.807) is 4.90 Å². The number of carbonyl (C=O) groups is 2. The van der Waals surface area contributed by atoms with Crippen molar-refractivity contribution in [1.29, 1.82) is 0 Å². The van der Waals surface area contributed by atoms with Crippen molar-refractivity contribution in [1.82, 2.24) is 15.5 Å².